The molecular weight excluding hydrogens is 238 g/mol. The number of rotatable bonds is 7. The van der Waals surface area contributed by atoms with E-state index < -0.39 is 0 Å². The Balaban J connectivity index is 1.67. The smallest absolute Gasteiger partial charge is 0.127 e. The van der Waals surface area contributed by atoms with Crippen LogP contribution in [0.5, 0.6) is 0 Å². The summed E-state index contributed by atoms with van der Waals surface area (Å²) < 4.78 is 7.82. The van der Waals surface area contributed by atoms with Crippen LogP contribution in [0.1, 0.15) is 43.3 Å². The number of hydrogen-bond donors (Lipinski definition) is 1. The van der Waals surface area contributed by atoms with Crippen molar-refractivity contribution in [3.05, 3.63) is 41.9 Å². The van der Waals surface area contributed by atoms with Gasteiger partial charge in [-0.1, -0.05) is 6.92 Å². The maximum Gasteiger partial charge on any atom is 0.127 e. The average molecular weight is 259 g/mol. The van der Waals surface area contributed by atoms with Crippen molar-refractivity contribution in [2.75, 3.05) is 0 Å². The van der Waals surface area contributed by atoms with Crippen LogP contribution in [-0.2, 0) is 19.5 Å². The Hall–Kier alpha value is -1.55. The van der Waals surface area contributed by atoms with Crippen LogP contribution in [0.3, 0.4) is 0 Å². The minimum atomic E-state index is 0.728. The summed E-state index contributed by atoms with van der Waals surface area (Å²) in [5.41, 5.74) is 1.27. The fourth-order valence-electron chi connectivity index (χ4n) is 2.30. The molecule has 0 spiro atoms. The van der Waals surface area contributed by atoms with Crippen molar-refractivity contribution < 1.29 is 4.42 Å². The summed E-state index contributed by atoms with van der Waals surface area (Å²) in [5.74, 6) is 2.18. The fourth-order valence-corrected chi connectivity index (χ4v) is 2.30. The minimum Gasteiger partial charge on any atom is -0.467 e. The van der Waals surface area contributed by atoms with E-state index in [0.717, 1.165) is 43.6 Å². The Bertz CT molecular complexity index is 525. The molecule has 0 unspecified atom stereocenters. The Kier molecular flexibility index (Phi) is 3.69. The second kappa shape index (κ2) is 5.61. The van der Waals surface area contributed by atoms with E-state index >= 15 is 0 Å². The van der Waals surface area contributed by atoms with Crippen LogP contribution in [0.25, 0.3) is 0 Å². The molecule has 0 aromatic carbocycles. The molecule has 19 heavy (non-hydrogen) atoms. The highest BCUT2D eigenvalue weighted by molar-refractivity contribution is 5.18. The van der Waals surface area contributed by atoms with E-state index in [4.69, 9.17) is 4.42 Å². The van der Waals surface area contributed by atoms with Gasteiger partial charge in [-0.3, -0.25) is 0 Å². The van der Waals surface area contributed by atoms with Gasteiger partial charge in [-0.05, 0) is 25.3 Å². The lowest BCUT2D eigenvalue weighted by atomic mass is 10.2. The van der Waals surface area contributed by atoms with Gasteiger partial charge in [0.1, 0.15) is 11.6 Å². The van der Waals surface area contributed by atoms with Crippen LogP contribution < -0.4 is 5.32 Å². The molecule has 4 heteroatoms. The van der Waals surface area contributed by atoms with E-state index in [1.54, 1.807) is 6.26 Å². The molecule has 0 saturated heterocycles. The zero-order chi connectivity index (χ0) is 13.1. The van der Waals surface area contributed by atoms with Crippen LogP contribution >= 0.6 is 0 Å². The number of aryl methyl sites for hydroxylation is 1. The van der Waals surface area contributed by atoms with Crippen LogP contribution in [-0.4, -0.2) is 15.6 Å². The Labute approximate surface area is 113 Å². The average Bonchev–Trinajstić information content (AvgIpc) is 2.98. The molecule has 0 atom stereocenters. The molecule has 2 aromatic heterocycles. The SMILES string of the molecule is CCCc1nccn1Cc1occc1CNC1CC1. The first-order valence-electron chi connectivity index (χ1n) is 7.15. The number of nitrogens with zero attached hydrogens (tertiary/aromatic N) is 2. The predicted octanol–water partition coefficient (Wildman–Crippen LogP) is 2.73. The number of hydrogen-bond acceptors (Lipinski definition) is 3. The van der Waals surface area contributed by atoms with E-state index in [-0.39, 0.29) is 0 Å². The third-order valence-corrected chi connectivity index (χ3v) is 3.59. The molecule has 0 aliphatic heterocycles. The summed E-state index contributed by atoms with van der Waals surface area (Å²) in [6.45, 7) is 3.87. The van der Waals surface area contributed by atoms with Gasteiger partial charge in [0.25, 0.3) is 0 Å². The van der Waals surface area contributed by atoms with Gasteiger partial charge in [-0.15, -0.1) is 0 Å². The van der Waals surface area contributed by atoms with E-state index in [1.807, 2.05) is 12.4 Å². The van der Waals surface area contributed by atoms with Crippen LogP contribution in [0, 0.1) is 0 Å². The van der Waals surface area contributed by atoms with Crippen LogP contribution in [0.15, 0.2) is 29.1 Å². The molecule has 1 N–H and O–H groups in total. The van der Waals surface area contributed by atoms with Gasteiger partial charge < -0.3 is 14.3 Å². The maximum absolute atomic E-state index is 5.64. The number of aromatic nitrogens is 2. The zero-order valence-corrected chi connectivity index (χ0v) is 11.4. The van der Waals surface area contributed by atoms with Crippen LogP contribution in [0.4, 0.5) is 0 Å². The topological polar surface area (TPSA) is 43.0 Å². The van der Waals surface area contributed by atoms with Crippen molar-refractivity contribution >= 4 is 0 Å². The summed E-state index contributed by atoms with van der Waals surface area (Å²) in [4.78, 5) is 4.41. The lowest BCUT2D eigenvalue weighted by Crippen LogP contribution is -2.16. The molecule has 2 aromatic rings. The summed E-state index contributed by atoms with van der Waals surface area (Å²) in [6, 6.07) is 2.80. The highest BCUT2D eigenvalue weighted by atomic mass is 16.3. The van der Waals surface area contributed by atoms with Gasteiger partial charge in [0.2, 0.25) is 0 Å². The molecule has 3 rings (SSSR count). The second-order valence-corrected chi connectivity index (χ2v) is 5.25. The zero-order valence-electron chi connectivity index (χ0n) is 11.4. The predicted molar refractivity (Wildman–Crippen MR) is 73.9 cm³/mol. The van der Waals surface area contributed by atoms with Crippen molar-refractivity contribution in [1.29, 1.82) is 0 Å². The maximum atomic E-state index is 5.64. The third kappa shape index (κ3) is 3.07. The largest absolute Gasteiger partial charge is 0.467 e. The van der Waals surface area contributed by atoms with Gasteiger partial charge >= 0.3 is 0 Å². The lowest BCUT2D eigenvalue weighted by molar-refractivity contribution is 0.480. The molecule has 1 aliphatic carbocycles. The molecule has 1 aliphatic rings. The standard InChI is InChI=1S/C15H21N3O/c1-2-3-15-16-7-8-18(15)11-14-12(6-9-19-14)10-17-13-4-5-13/h6-9,13,17H,2-5,10-11H2,1H3. The van der Waals surface area contributed by atoms with Gasteiger partial charge in [0.05, 0.1) is 12.8 Å². The van der Waals surface area contributed by atoms with Crippen molar-refractivity contribution in [3.8, 4) is 0 Å². The quantitative estimate of drug-likeness (QED) is 0.831. The second-order valence-electron chi connectivity index (χ2n) is 5.25. The monoisotopic (exact) mass is 259 g/mol. The van der Waals surface area contributed by atoms with Crippen molar-refractivity contribution in [1.82, 2.24) is 14.9 Å². The Morgan fingerprint density at radius 3 is 3.16 bits per heavy atom. The van der Waals surface area contributed by atoms with Gasteiger partial charge in [0.15, 0.2) is 0 Å². The van der Waals surface area contributed by atoms with E-state index in [0.29, 0.717) is 0 Å². The molecule has 1 fully saturated rings. The van der Waals surface area contributed by atoms with Crippen molar-refractivity contribution in [2.45, 2.75) is 51.7 Å². The normalized spacial score (nSPS) is 15.0. The molecule has 0 radical (unpaired) electrons. The summed E-state index contributed by atoms with van der Waals surface area (Å²) >= 11 is 0. The summed E-state index contributed by atoms with van der Waals surface area (Å²) in [5, 5.41) is 3.53. The highest BCUT2D eigenvalue weighted by Crippen LogP contribution is 2.20. The number of imidazole rings is 1. The van der Waals surface area contributed by atoms with E-state index in [1.165, 1.54) is 18.4 Å². The molecule has 0 bridgehead atoms. The number of furan rings is 1. The van der Waals surface area contributed by atoms with E-state index in [2.05, 4.69) is 27.9 Å². The van der Waals surface area contributed by atoms with Gasteiger partial charge in [-0.2, -0.15) is 0 Å². The molecular formula is C15H21N3O. The summed E-state index contributed by atoms with van der Waals surface area (Å²) in [7, 11) is 0. The fraction of sp³-hybridized carbons (Fsp3) is 0.533. The van der Waals surface area contributed by atoms with Crippen molar-refractivity contribution in [3.63, 3.8) is 0 Å². The van der Waals surface area contributed by atoms with Crippen LogP contribution in [0.2, 0.25) is 0 Å². The number of nitrogens with one attached hydrogen (secondary N) is 1. The Morgan fingerprint density at radius 2 is 2.37 bits per heavy atom. The molecule has 102 valence electrons. The first-order chi connectivity index (χ1) is 9.36. The Morgan fingerprint density at radius 1 is 1.47 bits per heavy atom. The van der Waals surface area contributed by atoms with Crippen molar-refractivity contribution in [2.24, 2.45) is 0 Å². The van der Waals surface area contributed by atoms with Gasteiger partial charge in [-0.25, -0.2) is 4.98 Å². The van der Waals surface area contributed by atoms with E-state index in [9.17, 15) is 0 Å². The molecule has 2 heterocycles. The first-order valence-corrected chi connectivity index (χ1v) is 7.15. The minimum absolute atomic E-state index is 0.728. The van der Waals surface area contributed by atoms with Gasteiger partial charge in [0, 0.05) is 37.0 Å². The highest BCUT2D eigenvalue weighted by Gasteiger charge is 2.21. The lowest BCUT2D eigenvalue weighted by Gasteiger charge is -2.08. The molecule has 0 amide bonds. The molecule has 4 nitrogen and oxygen atoms in total. The summed E-state index contributed by atoms with van der Waals surface area (Å²) in [6.07, 6.45) is 10.5. The third-order valence-electron chi connectivity index (χ3n) is 3.59. The molecule has 1 saturated carbocycles. The first kappa shape index (κ1) is 12.5.